The second-order valence-electron chi connectivity index (χ2n) is 11.4. The van der Waals surface area contributed by atoms with Crippen molar-refractivity contribution >= 4 is 33.8 Å². The smallest absolute Gasteiger partial charge is 0.405 e. The molecule has 14 heteroatoms. The Bertz CT molecular complexity index is 1150. The number of fused-ring (bicyclic) bond motifs is 2. The maximum absolute atomic E-state index is 13.6. The van der Waals surface area contributed by atoms with Crippen molar-refractivity contribution in [2.45, 2.75) is 106 Å². The molecule has 7 atom stereocenters. The van der Waals surface area contributed by atoms with Crippen LogP contribution in [-0.4, -0.2) is 94.6 Å². The Morgan fingerprint density at radius 2 is 1.97 bits per heavy atom. The van der Waals surface area contributed by atoms with E-state index in [9.17, 15) is 37.8 Å². The van der Waals surface area contributed by atoms with Gasteiger partial charge in [0.2, 0.25) is 21.8 Å². The van der Waals surface area contributed by atoms with Crippen LogP contribution in [0.1, 0.15) is 65.7 Å². The van der Waals surface area contributed by atoms with Crippen LogP contribution in [0.25, 0.3) is 0 Å². The predicted octanol–water partition coefficient (Wildman–Crippen LogP) is -0.00850. The summed E-state index contributed by atoms with van der Waals surface area (Å²) in [6.07, 6.45) is 2.26. The van der Waals surface area contributed by atoms with Crippen LogP contribution in [0.15, 0.2) is 12.2 Å². The Morgan fingerprint density at radius 3 is 2.59 bits per heavy atom. The van der Waals surface area contributed by atoms with Gasteiger partial charge in [0.05, 0.1) is 23.1 Å². The zero-order valence-electron chi connectivity index (χ0n) is 22.4. The van der Waals surface area contributed by atoms with E-state index in [0.29, 0.717) is 32.1 Å². The molecule has 0 aromatic heterocycles. The standard InChI is InChI=1S/C25H38N4O9S/c1-4-18-19(26-23(34)35)21(32)29-13-16(30)11-17(29)20(31)27-25(12-15(25)8-6-5-7-14(2)38-18)22(33)28-39(36,37)24(3)9-10-24/h6,8,14-19,26,30H,4-5,7,9-13H2,1-3H3,(H,27,31)(H,28,33)(H,34,35)/t14-,15-,16-,17+,18+,19+,25-/m1/s1. The van der Waals surface area contributed by atoms with E-state index in [2.05, 4.69) is 15.4 Å². The van der Waals surface area contributed by atoms with Crippen molar-refractivity contribution < 1.29 is 42.5 Å². The van der Waals surface area contributed by atoms with Crippen molar-refractivity contribution in [1.29, 1.82) is 0 Å². The molecule has 0 aromatic rings. The van der Waals surface area contributed by atoms with Gasteiger partial charge in [-0.3, -0.25) is 19.1 Å². The molecule has 0 unspecified atom stereocenters. The summed E-state index contributed by atoms with van der Waals surface area (Å²) in [5.41, 5.74) is -1.53. The van der Waals surface area contributed by atoms with Gasteiger partial charge in [-0.1, -0.05) is 19.1 Å². The highest BCUT2D eigenvalue weighted by molar-refractivity contribution is 7.91. The van der Waals surface area contributed by atoms with Gasteiger partial charge >= 0.3 is 6.09 Å². The lowest BCUT2D eigenvalue weighted by Crippen LogP contribution is -2.60. The molecular weight excluding hydrogens is 532 g/mol. The van der Waals surface area contributed by atoms with Gasteiger partial charge in [-0.05, 0) is 52.4 Å². The molecule has 2 aliphatic carbocycles. The van der Waals surface area contributed by atoms with Crippen LogP contribution < -0.4 is 15.4 Å². The van der Waals surface area contributed by atoms with Crippen LogP contribution in [0.3, 0.4) is 0 Å². The molecule has 39 heavy (non-hydrogen) atoms. The molecule has 2 heterocycles. The number of hydrogen-bond acceptors (Lipinski definition) is 8. The first-order valence-corrected chi connectivity index (χ1v) is 14.9. The van der Waals surface area contributed by atoms with E-state index in [1.165, 1.54) is 0 Å². The van der Waals surface area contributed by atoms with Crippen molar-refractivity contribution in [2.75, 3.05) is 6.54 Å². The van der Waals surface area contributed by atoms with Crippen molar-refractivity contribution in [3.63, 3.8) is 0 Å². The molecule has 5 N–H and O–H groups in total. The summed E-state index contributed by atoms with van der Waals surface area (Å²) >= 11 is 0. The number of amides is 4. The number of nitrogens with zero attached hydrogens (tertiary/aromatic N) is 1. The number of hydrogen-bond donors (Lipinski definition) is 5. The fraction of sp³-hybridized carbons (Fsp3) is 0.760. The van der Waals surface area contributed by atoms with Gasteiger partial charge in [-0.25, -0.2) is 13.2 Å². The quantitative estimate of drug-likeness (QED) is 0.283. The zero-order valence-corrected chi connectivity index (χ0v) is 23.2. The fourth-order valence-corrected chi connectivity index (χ4v) is 6.68. The second kappa shape index (κ2) is 10.7. The van der Waals surface area contributed by atoms with E-state index in [0.717, 1.165) is 4.90 Å². The lowest BCUT2D eigenvalue weighted by molar-refractivity contribution is -0.145. The van der Waals surface area contributed by atoms with Crippen LogP contribution >= 0.6 is 0 Å². The molecule has 4 aliphatic rings. The topological polar surface area (TPSA) is 191 Å². The molecule has 2 aliphatic heterocycles. The first-order valence-electron chi connectivity index (χ1n) is 13.4. The van der Waals surface area contributed by atoms with Gasteiger partial charge in [-0.15, -0.1) is 0 Å². The predicted molar refractivity (Wildman–Crippen MR) is 138 cm³/mol. The SMILES string of the molecule is CC[C@@H]1O[C@H](C)CCC=C[C@@H]2C[C@@]2(C(=O)NS(=O)(=O)C2(C)CC2)NC(=O)[C@@H]2C[C@@H](O)CN2C(=O)[C@H]1NC(=O)O. The molecule has 0 spiro atoms. The third kappa shape index (κ3) is 5.92. The molecule has 4 amide bonds. The maximum Gasteiger partial charge on any atom is 0.405 e. The molecular formula is C25H38N4O9S. The normalized spacial score (nSPS) is 36.5. The first-order chi connectivity index (χ1) is 18.2. The highest BCUT2D eigenvalue weighted by atomic mass is 32.2. The summed E-state index contributed by atoms with van der Waals surface area (Å²) < 4.78 is 32.7. The van der Waals surface area contributed by atoms with Crippen LogP contribution in [0.4, 0.5) is 4.79 Å². The van der Waals surface area contributed by atoms with Crippen molar-refractivity contribution in [1.82, 2.24) is 20.3 Å². The fourth-order valence-electron chi connectivity index (χ4n) is 5.37. The molecule has 4 rings (SSSR count). The number of allylic oxidation sites excluding steroid dienone is 1. The van der Waals surface area contributed by atoms with Gasteiger partial charge in [0.1, 0.15) is 17.6 Å². The van der Waals surface area contributed by atoms with Gasteiger partial charge in [0, 0.05) is 18.9 Å². The summed E-state index contributed by atoms with van der Waals surface area (Å²) in [6.45, 7) is 4.90. The van der Waals surface area contributed by atoms with Crippen LogP contribution in [0.5, 0.6) is 0 Å². The van der Waals surface area contributed by atoms with Gasteiger partial charge in [0.25, 0.3) is 5.91 Å². The molecule has 0 aromatic carbocycles. The summed E-state index contributed by atoms with van der Waals surface area (Å²) in [4.78, 5) is 53.2. The average Bonchev–Trinajstić information content (AvgIpc) is 3.73. The third-order valence-corrected chi connectivity index (χ3v) is 10.5. The summed E-state index contributed by atoms with van der Waals surface area (Å²) in [5, 5.41) is 24.7. The van der Waals surface area contributed by atoms with Crippen molar-refractivity contribution in [2.24, 2.45) is 5.92 Å². The van der Waals surface area contributed by atoms with Crippen LogP contribution in [0.2, 0.25) is 0 Å². The van der Waals surface area contributed by atoms with Gasteiger partial charge in [0.15, 0.2) is 0 Å². The highest BCUT2D eigenvalue weighted by Gasteiger charge is 2.63. The van der Waals surface area contributed by atoms with E-state index in [-0.39, 0.29) is 25.5 Å². The number of carbonyl (C=O) groups is 4. The number of nitrogens with one attached hydrogen (secondary N) is 3. The maximum atomic E-state index is 13.6. The minimum atomic E-state index is -3.96. The van der Waals surface area contributed by atoms with E-state index >= 15 is 0 Å². The average molecular weight is 571 g/mol. The molecule has 1 saturated heterocycles. The van der Waals surface area contributed by atoms with Crippen LogP contribution in [0, 0.1) is 5.92 Å². The number of carboxylic acid groups (broad SMARTS) is 1. The highest BCUT2D eigenvalue weighted by Crippen LogP contribution is 2.47. The molecule has 2 saturated carbocycles. The van der Waals surface area contributed by atoms with Gasteiger partial charge < -0.3 is 30.5 Å². The minimum absolute atomic E-state index is 0.125. The molecule has 3 fully saturated rings. The van der Waals surface area contributed by atoms with Crippen LogP contribution in [-0.2, 0) is 29.1 Å². The lowest BCUT2D eigenvalue weighted by Gasteiger charge is -2.33. The zero-order chi connectivity index (χ0) is 28.8. The largest absolute Gasteiger partial charge is 0.465 e. The number of ether oxygens (including phenoxy) is 1. The van der Waals surface area contributed by atoms with E-state index < -0.39 is 74.3 Å². The van der Waals surface area contributed by atoms with Crippen molar-refractivity contribution in [3.8, 4) is 0 Å². The molecule has 0 bridgehead atoms. The van der Waals surface area contributed by atoms with E-state index in [1.807, 2.05) is 13.0 Å². The molecule has 13 nitrogen and oxygen atoms in total. The van der Waals surface area contributed by atoms with E-state index in [1.54, 1.807) is 19.9 Å². The van der Waals surface area contributed by atoms with Gasteiger partial charge in [-0.2, -0.15) is 0 Å². The number of carbonyl (C=O) groups excluding carboxylic acids is 3. The monoisotopic (exact) mass is 570 g/mol. The number of aliphatic hydroxyl groups excluding tert-OH is 1. The Kier molecular flexibility index (Phi) is 8.03. The Balaban J connectivity index is 1.65. The lowest BCUT2D eigenvalue weighted by atomic mass is 10.0. The second-order valence-corrected chi connectivity index (χ2v) is 13.6. The first kappa shape index (κ1) is 29.3. The Morgan fingerprint density at radius 1 is 1.28 bits per heavy atom. The summed E-state index contributed by atoms with van der Waals surface area (Å²) in [5.74, 6) is -2.76. The number of sulfonamides is 1. The molecule has 0 radical (unpaired) electrons. The number of rotatable bonds is 5. The number of aliphatic hydroxyl groups is 1. The third-order valence-electron chi connectivity index (χ3n) is 8.30. The Hall–Kier alpha value is -2.71. The summed E-state index contributed by atoms with van der Waals surface area (Å²) in [6, 6.07) is -2.52. The summed E-state index contributed by atoms with van der Waals surface area (Å²) in [7, 11) is -3.96. The molecule has 218 valence electrons. The Labute approximate surface area is 227 Å². The van der Waals surface area contributed by atoms with Crippen molar-refractivity contribution in [3.05, 3.63) is 12.2 Å². The minimum Gasteiger partial charge on any atom is -0.465 e. The van der Waals surface area contributed by atoms with E-state index in [4.69, 9.17) is 4.74 Å².